The summed E-state index contributed by atoms with van der Waals surface area (Å²) in [7, 11) is -3.59. The van der Waals surface area contributed by atoms with E-state index in [1.807, 2.05) is 24.3 Å². The molecule has 0 radical (unpaired) electrons. The van der Waals surface area contributed by atoms with Gasteiger partial charge in [0.15, 0.2) is 0 Å². The van der Waals surface area contributed by atoms with E-state index in [0.717, 1.165) is 43.4 Å². The normalized spacial score (nSPS) is 20.8. The molecule has 172 valence electrons. The number of nitrogens with zero attached hydrogens (tertiary/aromatic N) is 1. The average Bonchev–Trinajstić information content (AvgIpc) is 2.84. The third kappa shape index (κ3) is 4.41. The van der Waals surface area contributed by atoms with Crippen LogP contribution in [0.2, 0.25) is 0 Å². The molecule has 2 aliphatic rings. The summed E-state index contributed by atoms with van der Waals surface area (Å²) in [6.45, 7) is 5.28. The first-order valence-corrected chi connectivity index (χ1v) is 13.0. The van der Waals surface area contributed by atoms with Gasteiger partial charge in [0.05, 0.1) is 10.9 Å². The molecule has 7 heteroatoms. The monoisotopic (exact) mass is 456 g/mol. The second kappa shape index (κ2) is 9.24. The molecule has 4 rings (SSSR count). The number of sulfonamides is 1. The van der Waals surface area contributed by atoms with Crippen molar-refractivity contribution in [3.8, 4) is 5.75 Å². The van der Waals surface area contributed by atoms with Gasteiger partial charge in [-0.3, -0.25) is 4.79 Å². The number of fused-ring (bicyclic) bond motifs is 1. The number of hydrogen-bond acceptors (Lipinski definition) is 4. The molecule has 2 aromatic rings. The predicted octanol–water partition coefficient (Wildman–Crippen LogP) is 4.67. The lowest BCUT2D eigenvalue weighted by molar-refractivity contribution is 0.0227. The van der Waals surface area contributed by atoms with E-state index in [1.165, 1.54) is 10.4 Å². The van der Waals surface area contributed by atoms with Crippen molar-refractivity contribution in [3.05, 3.63) is 59.7 Å². The summed E-state index contributed by atoms with van der Waals surface area (Å²) >= 11 is 0. The van der Waals surface area contributed by atoms with Gasteiger partial charge in [-0.2, -0.15) is 4.31 Å². The zero-order chi connectivity index (χ0) is 22.8. The van der Waals surface area contributed by atoms with E-state index < -0.39 is 10.0 Å². The van der Waals surface area contributed by atoms with Gasteiger partial charge in [0.1, 0.15) is 11.4 Å². The summed E-state index contributed by atoms with van der Waals surface area (Å²) in [6.07, 6.45) is 5.16. The molecular weight excluding hydrogens is 424 g/mol. The van der Waals surface area contributed by atoms with E-state index in [2.05, 4.69) is 19.2 Å². The first kappa shape index (κ1) is 22.8. The molecule has 0 unspecified atom stereocenters. The molecular formula is C25H32N2O4S. The van der Waals surface area contributed by atoms with Crippen molar-refractivity contribution in [1.29, 1.82) is 0 Å². The van der Waals surface area contributed by atoms with Gasteiger partial charge in [-0.1, -0.05) is 44.5 Å². The fourth-order valence-electron chi connectivity index (χ4n) is 4.72. The number of ether oxygens (including phenoxy) is 1. The molecule has 6 nitrogen and oxygen atoms in total. The summed E-state index contributed by atoms with van der Waals surface area (Å²) in [5.41, 5.74) is 0.979. The molecule has 1 fully saturated rings. The molecule has 1 amide bonds. The number of amides is 1. The minimum absolute atomic E-state index is 0.177. The van der Waals surface area contributed by atoms with Crippen molar-refractivity contribution in [3.63, 3.8) is 0 Å². The van der Waals surface area contributed by atoms with Crippen molar-refractivity contribution in [2.24, 2.45) is 0 Å². The quantitative estimate of drug-likeness (QED) is 0.685. The highest BCUT2D eigenvalue weighted by atomic mass is 32.2. The number of hydrogen-bond donors (Lipinski definition) is 1. The van der Waals surface area contributed by atoms with Crippen LogP contribution >= 0.6 is 0 Å². The van der Waals surface area contributed by atoms with Gasteiger partial charge in [-0.25, -0.2) is 8.42 Å². The number of piperidine rings is 1. The molecule has 0 aliphatic carbocycles. The van der Waals surface area contributed by atoms with Gasteiger partial charge in [0.2, 0.25) is 10.0 Å². The Kier molecular flexibility index (Phi) is 6.58. The Labute approximate surface area is 191 Å². The van der Waals surface area contributed by atoms with Crippen LogP contribution in [0, 0.1) is 0 Å². The van der Waals surface area contributed by atoms with Crippen LogP contribution in [-0.4, -0.2) is 37.3 Å². The molecule has 2 aliphatic heterocycles. The smallest absolute Gasteiger partial charge is 0.251 e. The largest absolute Gasteiger partial charge is 0.487 e. The van der Waals surface area contributed by atoms with Crippen molar-refractivity contribution < 1.29 is 17.9 Å². The van der Waals surface area contributed by atoms with Crippen molar-refractivity contribution >= 4 is 15.9 Å². The molecule has 32 heavy (non-hydrogen) atoms. The van der Waals surface area contributed by atoms with Gasteiger partial charge >= 0.3 is 0 Å². The number of carbonyl (C=O) groups excluding carboxylic acids is 1. The van der Waals surface area contributed by atoms with Gasteiger partial charge < -0.3 is 10.1 Å². The maximum absolute atomic E-state index is 13.2. The van der Waals surface area contributed by atoms with E-state index in [1.54, 1.807) is 18.2 Å². The molecule has 1 atom stereocenters. The Morgan fingerprint density at radius 3 is 2.50 bits per heavy atom. The molecule has 2 heterocycles. The van der Waals surface area contributed by atoms with Crippen LogP contribution in [0.3, 0.4) is 0 Å². The van der Waals surface area contributed by atoms with Crippen molar-refractivity contribution in [2.75, 3.05) is 13.1 Å². The lowest BCUT2D eigenvalue weighted by Crippen LogP contribution is -2.44. The Morgan fingerprint density at radius 2 is 1.78 bits per heavy atom. The van der Waals surface area contributed by atoms with Gasteiger partial charge in [-0.05, 0) is 49.9 Å². The topological polar surface area (TPSA) is 75.7 Å². The second-order valence-corrected chi connectivity index (χ2v) is 10.7. The van der Waals surface area contributed by atoms with Gasteiger partial charge in [0.25, 0.3) is 5.91 Å². The van der Waals surface area contributed by atoms with E-state index >= 15 is 0 Å². The lowest BCUT2D eigenvalue weighted by Gasteiger charge is -2.41. The van der Waals surface area contributed by atoms with Crippen LogP contribution in [0.1, 0.15) is 74.3 Å². The van der Waals surface area contributed by atoms with Gasteiger partial charge in [-0.15, -0.1) is 0 Å². The fourth-order valence-corrected chi connectivity index (χ4v) is 6.29. The van der Waals surface area contributed by atoms with E-state index in [-0.39, 0.29) is 22.4 Å². The third-order valence-corrected chi connectivity index (χ3v) is 8.73. The summed E-state index contributed by atoms with van der Waals surface area (Å²) < 4.78 is 34.0. The Morgan fingerprint density at radius 1 is 1.06 bits per heavy atom. The second-order valence-electron chi connectivity index (χ2n) is 8.75. The summed E-state index contributed by atoms with van der Waals surface area (Å²) in [6, 6.07) is 14.0. The summed E-state index contributed by atoms with van der Waals surface area (Å²) in [5.74, 6) is 0.526. The minimum atomic E-state index is -3.59. The predicted molar refractivity (Wildman–Crippen MR) is 124 cm³/mol. The molecule has 0 spiro atoms. The maximum Gasteiger partial charge on any atom is 0.251 e. The zero-order valence-electron chi connectivity index (χ0n) is 18.8. The number of carbonyl (C=O) groups is 1. The molecule has 0 aromatic heterocycles. The summed E-state index contributed by atoms with van der Waals surface area (Å²) in [4.78, 5) is 13.4. The minimum Gasteiger partial charge on any atom is -0.487 e. The standard InChI is InChI=1S/C25H32N2O4S/c1-3-25(4-2)18-22(21-13-6-7-14-23(21)31-25)26-24(28)19-11-10-12-20(17-19)32(29,30)27-15-8-5-9-16-27/h6-7,10-14,17,22H,3-5,8-9,15-16,18H2,1-2H3,(H,26,28)/t22-/m1/s1. The molecule has 2 aromatic carbocycles. The SMILES string of the molecule is CCC1(CC)C[C@@H](NC(=O)c2cccc(S(=O)(=O)N3CCCCC3)c2)c2ccccc2O1. The average molecular weight is 457 g/mol. The van der Waals surface area contributed by atoms with Crippen LogP contribution < -0.4 is 10.1 Å². The van der Waals surface area contributed by atoms with Crippen LogP contribution in [0.15, 0.2) is 53.4 Å². The number of para-hydroxylation sites is 1. The van der Waals surface area contributed by atoms with E-state index in [9.17, 15) is 13.2 Å². The van der Waals surface area contributed by atoms with Crippen LogP contribution in [-0.2, 0) is 10.0 Å². The first-order valence-electron chi connectivity index (χ1n) is 11.6. The van der Waals surface area contributed by atoms with Crippen molar-refractivity contribution in [2.45, 2.75) is 68.9 Å². The maximum atomic E-state index is 13.2. The Bertz CT molecular complexity index is 1070. The number of rotatable bonds is 6. The number of benzene rings is 2. The van der Waals surface area contributed by atoms with E-state index in [0.29, 0.717) is 25.1 Å². The van der Waals surface area contributed by atoms with Crippen LogP contribution in [0.25, 0.3) is 0 Å². The van der Waals surface area contributed by atoms with Gasteiger partial charge in [0, 0.05) is 30.6 Å². The zero-order valence-corrected chi connectivity index (χ0v) is 19.7. The first-order chi connectivity index (χ1) is 15.4. The fraction of sp³-hybridized carbons (Fsp3) is 0.480. The van der Waals surface area contributed by atoms with E-state index in [4.69, 9.17) is 4.74 Å². The molecule has 0 bridgehead atoms. The number of nitrogens with one attached hydrogen (secondary N) is 1. The highest BCUT2D eigenvalue weighted by molar-refractivity contribution is 7.89. The molecule has 0 saturated carbocycles. The van der Waals surface area contributed by atoms with Crippen LogP contribution in [0.4, 0.5) is 0 Å². The molecule has 1 saturated heterocycles. The highest BCUT2D eigenvalue weighted by Gasteiger charge is 2.39. The molecule has 1 N–H and O–H groups in total. The Balaban J connectivity index is 1.58. The highest BCUT2D eigenvalue weighted by Crippen LogP contribution is 2.42. The Hall–Kier alpha value is -2.38. The third-order valence-electron chi connectivity index (χ3n) is 6.84. The van der Waals surface area contributed by atoms with Crippen LogP contribution in [0.5, 0.6) is 5.75 Å². The van der Waals surface area contributed by atoms with Crippen molar-refractivity contribution in [1.82, 2.24) is 9.62 Å². The summed E-state index contributed by atoms with van der Waals surface area (Å²) in [5, 5.41) is 3.15. The lowest BCUT2D eigenvalue weighted by atomic mass is 9.83.